The average molecular weight is 336 g/mol. The molecule has 6 rings (SSSR count). The number of rotatable bonds is 1. The molecule has 1 saturated carbocycles. The third kappa shape index (κ3) is 1.96. The summed E-state index contributed by atoms with van der Waals surface area (Å²) in [5.74, 6) is 1.61. The lowest BCUT2D eigenvalue weighted by Gasteiger charge is -2.41. The van der Waals surface area contributed by atoms with E-state index in [9.17, 15) is 0 Å². The summed E-state index contributed by atoms with van der Waals surface area (Å²) in [7, 11) is 0. The number of aryl methyl sites for hydroxylation is 1. The number of allylic oxidation sites excluding steroid dienone is 2. The first-order valence-corrected chi connectivity index (χ1v) is 10.1. The van der Waals surface area contributed by atoms with E-state index in [4.69, 9.17) is 0 Å². The van der Waals surface area contributed by atoms with Gasteiger partial charge in [0, 0.05) is 5.41 Å². The third-order valence-electron chi connectivity index (χ3n) is 7.30. The quantitative estimate of drug-likeness (QED) is 0.435. The van der Waals surface area contributed by atoms with E-state index < -0.39 is 0 Å². The zero-order valence-corrected chi connectivity index (χ0v) is 15.1. The highest BCUT2D eigenvalue weighted by molar-refractivity contribution is 5.97. The maximum absolute atomic E-state index is 2.56. The lowest BCUT2D eigenvalue weighted by atomic mass is 9.62. The van der Waals surface area contributed by atoms with Crippen LogP contribution in [0.25, 0.3) is 21.9 Å². The topological polar surface area (TPSA) is 0 Å². The number of fused-ring (bicyclic) bond motifs is 6. The molecule has 0 aromatic heterocycles. The van der Waals surface area contributed by atoms with Gasteiger partial charge in [0.15, 0.2) is 0 Å². The molecule has 0 N–H and O–H groups in total. The molecule has 3 aromatic rings. The number of hydrogen-bond donors (Lipinski definition) is 0. The molecular weight excluding hydrogens is 312 g/mol. The van der Waals surface area contributed by atoms with Crippen LogP contribution in [-0.4, -0.2) is 0 Å². The van der Waals surface area contributed by atoms with E-state index in [-0.39, 0.29) is 0 Å². The first-order chi connectivity index (χ1) is 12.8. The van der Waals surface area contributed by atoms with Gasteiger partial charge >= 0.3 is 0 Å². The summed E-state index contributed by atoms with van der Waals surface area (Å²) in [6.07, 6.45) is 11.8. The van der Waals surface area contributed by atoms with Gasteiger partial charge in [0.05, 0.1) is 0 Å². The van der Waals surface area contributed by atoms with Crippen LogP contribution in [0.5, 0.6) is 0 Å². The lowest BCUT2D eigenvalue weighted by Crippen LogP contribution is -2.35. The minimum atomic E-state index is 0.434. The molecule has 0 heterocycles. The molecule has 0 nitrogen and oxygen atoms in total. The first kappa shape index (κ1) is 14.8. The van der Waals surface area contributed by atoms with Crippen molar-refractivity contribution in [2.45, 2.75) is 37.5 Å². The van der Waals surface area contributed by atoms with Crippen molar-refractivity contribution in [1.82, 2.24) is 0 Å². The van der Waals surface area contributed by atoms with Gasteiger partial charge < -0.3 is 0 Å². The average Bonchev–Trinajstić information content (AvgIpc) is 3.29. The van der Waals surface area contributed by atoms with Gasteiger partial charge in [0.1, 0.15) is 0 Å². The van der Waals surface area contributed by atoms with Crippen LogP contribution < -0.4 is 0 Å². The molecule has 1 fully saturated rings. The molecule has 3 aliphatic rings. The monoisotopic (exact) mass is 336 g/mol. The van der Waals surface area contributed by atoms with Crippen molar-refractivity contribution >= 4 is 10.8 Å². The van der Waals surface area contributed by atoms with Crippen LogP contribution in [0.2, 0.25) is 0 Å². The van der Waals surface area contributed by atoms with Gasteiger partial charge in [0.2, 0.25) is 0 Å². The Morgan fingerprint density at radius 3 is 2.62 bits per heavy atom. The highest BCUT2D eigenvalue weighted by Gasteiger charge is 2.50. The summed E-state index contributed by atoms with van der Waals surface area (Å²) >= 11 is 0. The highest BCUT2D eigenvalue weighted by Crippen LogP contribution is 2.58. The van der Waals surface area contributed by atoms with Crippen molar-refractivity contribution in [3.8, 4) is 11.1 Å². The summed E-state index contributed by atoms with van der Waals surface area (Å²) in [6, 6.07) is 22.8. The minimum absolute atomic E-state index is 0.434. The van der Waals surface area contributed by atoms with Crippen molar-refractivity contribution in [2.75, 3.05) is 0 Å². The fourth-order valence-electron chi connectivity index (χ4n) is 6.19. The second kappa shape index (κ2) is 5.33. The van der Waals surface area contributed by atoms with E-state index in [1.807, 2.05) is 0 Å². The smallest absolute Gasteiger partial charge is 0.00246 e. The standard InChI is InChI=1S/C26H24/c1-2-6-19(7-3-1)23-10-4-8-20-16-25-21(15-24(20)23)9-5-13-26(25)17-18-11-12-22(26)14-18/h1-4,6-8,10-12,15-16,18,22H,5,9,13-14,17H2. The van der Waals surface area contributed by atoms with Crippen LogP contribution in [0.4, 0.5) is 0 Å². The van der Waals surface area contributed by atoms with Crippen molar-refractivity contribution in [1.29, 1.82) is 0 Å². The van der Waals surface area contributed by atoms with E-state index in [1.165, 1.54) is 54.0 Å². The molecule has 0 aliphatic heterocycles. The molecule has 3 atom stereocenters. The van der Waals surface area contributed by atoms with Crippen molar-refractivity contribution < 1.29 is 0 Å². The van der Waals surface area contributed by atoms with Gasteiger partial charge in [-0.25, -0.2) is 0 Å². The Hall–Kier alpha value is -2.34. The van der Waals surface area contributed by atoms with Crippen LogP contribution in [0.15, 0.2) is 72.8 Å². The van der Waals surface area contributed by atoms with E-state index in [0.29, 0.717) is 5.41 Å². The molecule has 3 unspecified atom stereocenters. The van der Waals surface area contributed by atoms with Gasteiger partial charge in [-0.1, -0.05) is 72.8 Å². The summed E-state index contributed by atoms with van der Waals surface area (Å²) in [6.45, 7) is 0. The largest absolute Gasteiger partial charge is 0.0851 e. The molecule has 2 bridgehead atoms. The normalized spacial score (nSPS) is 28.8. The molecule has 0 heteroatoms. The van der Waals surface area contributed by atoms with Gasteiger partial charge in [-0.2, -0.15) is 0 Å². The predicted molar refractivity (Wildman–Crippen MR) is 109 cm³/mol. The van der Waals surface area contributed by atoms with Gasteiger partial charge in [-0.05, 0) is 77.0 Å². The van der Waals surface area contributed by atoms with E-state index in [1.54, 1.807) is 11.1 Å². The van der Waals surface area contributed by atoms with Crippen LogP contribution in [0.3, 0.4) is 0 Å². The highest BCUT2D eigenvalue weighted by atomic mass is 14.5. The van der Waals surface area contributed by atoms with Crippen molar-refractivity contribution in [3.05, 3.63) is 83.9 Å². The molecule has 0 saturated heterocycles. The molecule has 0 amide bonds. The van der Waals surface area contributed by atoms with Crippen molar-refractivity contribution in [2.24, 2.45) is 11.8 Å². The Balaban J connectivity index is 1.58. The maximum atomic E-state index is 2.56. The Kier molecular flexibility index (Phi) is 3.03. The van der Waals surface area contributed by atoms with Crippen LogP contribution in [0, 0.1) is 11.8 Å². The molecule has 26 heavy (non-hydrogen) atoms. The summed E-state index contributed by atoms with van der Waals surface area (Å²) in [5, 5.41) is 2.84. The number of hydrogen-bond acceptors (Lipinski definition) is 0. The number of benzene rings is 3. The second-order valence-electron chi connectivity index (χ2n) is 8.60. The predicted octanol–water partition coefficient (Wildman–Crippen LogP) is 6.68. The van der Waals surface area contributed by atoms with Crippen LogP contribution in [0.1, 0.15) is 36.8 Å². The molecule has 0 radical (unpaired) electrons. The molecule has 3 aliphatic carbocycles. The summed E-state index contributed by atoms with van der Waals surface area (Å²) < 4.78 is 0. The summed E-state index contributed by atoms with van der Waals surface area (Å²) in [5.41, 5.74) is 6.43. The molecule has 3 aromatic carbocycles. The van der Waals surface area contributed by atoms with E-state index in [2.05, 4.69) is 72.8 Å². The Labute approximate surface area is 155 Å². The summed E-state index contributed by atoms with van der Waals surface area (Å²) in [4.78, 5) is 0. The Bertz CT molecular complexity index is 1030. The Morgan fingerprint density at radius 2 is 1.81 bits per heavy atom. The van der Waals surface area contributed by atoms with Gasteiger partial charge in [-0.3, -0.25) is 0 Å². The van der Waals surface area contributed by atoms with Gasteiger partial charge in [0.25, 0.3) is 0 Å². The zero-order valence-electron chi connectivity index (χ0n) is 15.1. The van der Waals surface area contributed by atoms with Crippen LogP contribution in [-0.2, 0) is 11.8 Å². The Morgan fingerprint density at radius 1 is 0.885 bits per heavy atom. The molecular formula is C26H24. The second-order valence-corrected chi connectivity index (χ2v) is 8.60. The fourth-order valence-corrected chi connectivity index (χ4v) is 6.19. The van der Waals surface area contributed by atoms with Crippen LogP contribution >= 0.6 is 0 Å². The first-order valence-electron chi connectivity index (χ1n) is 10.1. The SMILES string of the molecule is C1=CC2CC1CC21CCCc2cc3c(-c4ccccc4)cccc3cc21. The van der Waals surface area contributed by atoms with E-state index >= 15 is 0 Å². The minimum Gasteiger partial charge on any atom is -0.0851 e. The maximum Gasteiger partial charge on any atom is 0.00246 e. The third-order valence-corrected chi connectivity index (χ3v) is 7.30. The lowest BCUT2D eigenvalue weighted by molar-refractivity contribution is 0.304. The zero-order chi connectivity index (χ0) is 17.1. The fraction of sp³-hybridized carbons (Fsp3) is 0.308. The van der Waals surface area contributed by atoms with Gasteiger partial charge in [-0.15, -0.1) is 0 Å². The van der Waals surface area contributed by atoms with Crippen molar-refractivity contribution in [3.63, 3.8) is 0 Å². The molecule has 128 valence electrons. The van der Waals surface area contributed by atoms with E-state index in [0.717, 1.165) is 11.8 Å². The molecule has 1 spiro atoms.